The minimum absolute atomic E-state index is 0.0374. The predicted octanol–water partition coefficient (Wildman–Crippen LogP) is 7.14. The number of aromatic nitrogens is 1. The van der Waals surface area contributed by atoms with Gasteiger partial charge in [0.2, 0.25) is 0 Å². The topological polar surface area (TPSA) is 42.3 Å². The van der Waals surface area contributed by atoms with Crippen LogP contribution in [0.15, 0.2) is 53.4 Å². The quantitative estimate of drug-likeness (QED) is 0.278. The van der Waals surface area contributed by atoms with Crippen LogP contribution in [0.4, 0.5) is 22.4 Å². The van der Waals surface area contributed by atoms with Crippen LogP contribution in [-0.2, 0) is 17.5 Å². The largest absolute Gasteiger partial charge is 0.416 e. The van der Waals surface area contributed by atoms with Gasteiger partial charge in [0, 0.05) is 27.7 Å². The van der Waals surface area contributed by atoms with Gasteiger partial charge in [-0.1, -0.05) is 23.7 Å². The number of hydrogen-bond donors (Lipinski definition) is 0. The third kappa shape index (κ3) is 4.50. The van der Waals surface area contributed by atoms with E-state index in [0.717, 1.165) is 17.0 Å². The van der Waals surface area contributed by atoms with Gasteiger partial charge in [0.25, 0.3) is 11.1 Å². The Morgan fingerprint density at radius 1 is 1.06 bits per heavy atom. The lowest BCUT2D eigenvalue weighted by atomic mass is 10.2. The molecule has 34 heavy (non-hydrogen) atoms. The summed E-state index contributed by atoms with van der Waals surface area (Å²) in [5.74, 6) is -1.22. The highest BCUT2D eigenvalue weighted by atomic mass is 35.5. The van der Waals surface area contributed by atoms with E-state index in [1.807, 2.05) is 0 Å². The Morgan fingerprint density at radius 2 is 1.76 bits per heavy atom. The van der Waals surface area contributed by atoms with Crippen molar-refractivity contribution in [3.63, 3.8) is 0 Å². The fourth-order valence-electron chi connectivity index (χ4n) is 3.77. The van der Waals surface area contributed by atoms with E-state index in [1.54, 1.807) is 30.5 Å². The molecule has 1 fully saturated rings. The molecule has 1 aromatic heterocycles. The maximum atomic E-state index is 14.1. The van der Waals surface area contributed by atoms with Crippen molar-refractivity contribution in [1.29, 1.82) is 0 Å². The van der Waals surface area contributed by atoms with Crippen LogP contribution in [0.5, 0.6) is 0 Å². The SMILES string of the molecule is Cc1cc(/C=C2\SC(=O)N(Cc3c(F)cccc3Cl)C2=O)c(C)n1-c1cccc(C(F)(F)F)c1. The number of rotatable bonds is 4. The number of benzene rings is 2. The first-order chi connectivity index (χ1) is 16.0. The highest BCUT2D eigenvalue weighted by Crippen LogP contribution is 2.36. The third-order valence-corrected chi connectivity index (χ3v) is 6.70. The summed E-state index contributed by atoms with van der Waals surface area (Å²) < 4.78 is 55.2. The van der Waals surface area contributed by atoms with Crippen LogP contribution in [0.25, 0.3) is 11.8 Å². The fraction of sp³-hybridized carbons (Fsp3) is 0.167. The molecule has 0 unspecified atom stereocenters. The Kier molecular flexibility index (Phi) is 6.35. The van der Waals surface area contributed by atoms with Gasteiger partial charge in [-0.15, -0.1) is 0 Å². The lowest BCUT2D eigenvalue weighted by Crippen LogP contribution is -2.28. The molecule has 0 bridgehead atoms. The number of nitrogens with zero attached hydrogens (tertiary/aromatic N) is 2. The van der Waals surface area contributed by atoms with Gasteiger partial charge in [0.1, 0.15) is 5.82 Å². The molecule has 2 heterocycles. The van der Waals surface area contributed by atoms with Gasteiger partial charge in [-0.3, -0.25) is 14.5 Å². The summed E-state index contributed by atoms with van der Waals surface area (Å²) in [5, 5.41) is -0.463. The molecule has 0 spiro atoms. The molecular formula is C24H17ClF4N2O2S. The molecule has 0 radical (unpaired) electrons. The van der Waals surface area contributed by atoms with Crippen LogP contribution in [0.1, 0.15) is 28.1 Å². The summed E-state index contributed by atoms with van der Waals surface area (Å²) in [6.07, 6.45) is -2.96. The maximum absolute atomic E-state index is 14.1. The van der Waals surface area contributed by atoms with Crippen molar-refractivity contribution < 1.29 is 27.2 Å². The van der Waals surface area contributed by atoms with Crippen LogP contribution in [0.2, 0.25) is 5.02 Å². The molecular weight excluding hydrogens is 492 g/mol. The highest BCUT2D eigenvalue weighted by Gasteiger charge is 2.36. The van der Waals surface area contributed by atoms with Gasteiger partial charge in [-0.25, -0.2) is 4.39 Å². The van der Waals surface area contributed by atoms with Crippen LogP contribution in [0, 0.1) is 19.7 Å². The van der Waals surface area contributed by atoms with E-state index in [9.17, 15) is 27.2 Å². The molecule has 10 heteroatoms. The lowest BCUT2D eigenvalue weighted by Gasteiger charge is -2.14. The van der Waals surface area contributed by atoms with E-state index >= 15 is 0 Å². The number of hydrogen-bond acceptors (Lipinski definition) is 3. The first-order valence-corrected chi connectivity index (χ1v) is 11.2. The van der Waals surface area contributed by atoms with Crippen LogP contribution in [-0.4, -0.2) is 20.6 Å². The van der Waals surface area contributed by atoms with E-state index in [0.29, 0.717) is 34.4 Å². The minimum Gasteiger partial charge on any atom is -0.318 e. The lowest BCUT2D eigenvalue weighted by molar-refractivity contribution is -0.137. The number of carbonyl (C=O) groups is 2. The first kappa shape index (κ1) is 24.1. The molecule has 2 aromatic carbocycles. The van der Waals surface area contributed by atoms with Crippen molar-refractivity contribution in [2.24, 2.45) is 0 Å². The van der Waals surface area contributed by atoms with E-state index in [4.69, 9.17) is 11.6 Å². The molecule has 0 saturated carbocycles. The fourth-order valence-corrected chi connectivity index (χ4v) is 4.82. The summed E-state index contributed by atoms with van der Waals surface area (Å²) in [7, 11) is 0. The van der Waals surface area contributed by atoms with Gasteiger partial charge >= 0.3 is 6.18 Å². The van der Waals surface area contributed by atoms with Crippen LogP contribution in [0.3, 0.4) is 0 Å². The van der Waals surface area contributed by atoms with Crippen molar-refractivity contribution in [2.75, 3.05) is 0 Å². The second-order valence-electron chi connectivity index (χ2n) is 7.68. The van der Waals surface area contributed by atoms with Gasteiger partial charge in [-0.05, 0) is 73.6 Å². The van der Waals surface area contributed by atoms with Gasteiger partial charge < -0.3 is 4.57 Å². The highest BCUT2D eigenvalue weighted by molar-refractivity contribution is 8.18. The minimum atomic E-state index is -4.48. The van der Waals surface area contributed by atoms with Gasteiger partial charge in [0.05, 0.1) is 17.0 Å². The van der Waals surface area contributed by atoms with Crippen molar-refractivity contribution in [3.05, 3.63) is 92.4 Å². The van der Waals surface area contributed by atoms with Crippen LogP contribution >= 0.6 is 23.4 Å². The summed E-state index contributed by atoms with van der Waals surface area (Å²) in [6, 6.07) is 10.7. The molecule has 4 rings (SSSR count). The molecule has 4 nitrogen and oxygen atoms in total. The Morgan fingerprint density at radius 3 is 2.44 bits per heavy atom. The molecule has 0 N–H and O–H groups in total. The Labute approximate surface area is 201 Å². The van der Waals surface area contributed by atoms with Crippen molar-refractivity contribution in [1.82, 2.24) is 9.47 Å². The smallest absolute Gasteiger partial charge is 0.318 e. The average Bonchev–Trinajstić information content (AvgIpc) is 3.19. The molecule has 1 aliphatic heterocycles. The molecule has 176 valence electrons. The van der Waals surface area contributed by atoms with E-state index in [2.05, 4.69) is 0 Å². The molecule has 0 aliphatic carbocycles. The van der Waals surface area contributed by atoms with Gasteiger partial charge in [-0.2, -0.15) is 13.2 Å². The maximum Gasteiger partial charge on any atom is 0.416 e. The van der Waals surface area contributed by atoms with E-state index in [1.165, 1.54) is 30.3 Å². The van der Waals surface area contributed by atoms with E-state index in [-0.39, 0.29) is 22.0 Å². The number of aryl methyl sites for hydroxylation is 1. The second-order valence-corrected chi connectivity index (χ2v) is 9.08. The zero-order valence-electron chi connectivity index (χ0n) is 17.9. The summed E-state index contributed by atoms with van der Waals surface area (Å²) >= 11 is 6.73. The molecule has 0 atom stereocenters. The molecule has 2 amide bonds. The summed E-state index contributed by atoms with van der Waals surface area (Å²) in [4.78, 5) is 26.4. The number of alkyl halides is 3. The Bertz CT molecular complexity index is 1330. The predicted molar refractivity (Wildman–Crippen MR) is 123 cm³/mol. The monoisotopic (exact) mass is 508 g/mol. The Hall–Kier alpha value is -3.04. The van der Waals surface area contributed by atoms with Crippen molar-refractivity contribution >= 4 is 40.6 Å². The first-order valence-electron chi connectivity index (χ1n) is 10.0. The van der Waals surface area contributed by atoms with Crippen molar-refractivity contribution in [3.8, 4) is 5.69 Å². The van der Waals surface area contributed by atoms with Crippen LogP contribution < -0.4 is 0 Å². The van der Waals surface area contributed by atoms with Gasteiger partial charge in [0.15, 0.2) is 0 Å². The van der Waals surface area contributed by atoms with E-state index < -0.39 is 28.7 Å². The number of amides is 2. The zero-order valence-corrected chi connectivity index (χ0v) is 19.5. The number of carbonyl (C=O) groups excluding carboxylic acids is 2. The molecule has 1 saturated heterocycles. The normalized spacial score (nSPS) is 15.6. The standard InChI is InChI=1S/C24H17ClF4N2O2S/c1-13-9-15(14(2)31(13)17-6-3-5-16(11-17)24(27,28)29)10-21-22(32)30(23(33)34-21)12-18-19(25)7-4-8-20(18)26/h3-11H,12H2,1-2H3/b21-10-. The second kappa shape index (κ2) is 8.96. The van der Waals surface area contributed by atoms with Crippen molar-refractivity contribution in [2.45, 2.75) is 26.6 Å². The molecule has 1 aliphatic rings. The zero-order chi connectivity index (χ0) is 24.8. The average molecular weight is 509 g/mol. The summed E-state index contributed by atoms with van der Waals surface area (Å²) in [6.45, 7) is 3.13. The third-order valence-electron chi connectivity index (χ3n) is 5.44. The Balaban J connectivity index is 1.66. The number of halogens is 5. The summed E-state index contributed by atoms with van der Waals surface area (Å²) in [5.41, 5.74) is 1.42. The number of imide groups is 1. The molecule has 3 aromatic rings. The number of thioether (sulfide) groups is 1.